The largest absolute Gasteiger partial charge is 0.485 e. The van der Waals surface area contributed by atoms with E-state index in [1.807, 2.05) is 54.6 Å². The van der Waals surface area contributed by atoms with Gasteiger partial charge in [0.25, 0.3) is 5.56 Å². The minimum atomic E-state index is -0.213. The van der Waals surface area contributed by atoms with Crippen LogP contribution in [-0.2, 0) is 0 Å². The molecule has 0 aliphatic carbocycles. The van der Waals surface area contributed by atoms with E-state index in [0.717, 1.165) is 22.6 Å². The van der Waals surface area contributed by atoms with Gasteiger partial charge in [0.05, 0.1) is 5.71 Å². The molecule has 4 rings (SSSR count). The number of nitrogens with one attached hydrogen (secondary N) is 2. The summed E-state index contributed by atoms with van der Waals surface area (Å²) in [6.07, 6.45) is 0.500. The van der Waals surface area contributed by atoms with Crippen molar-refractivity contribution < 1.29 is 4.74 Å². The number of nitrogens with zero attached hydrogens (tertiary/aromatic N) is 2. The van der Waals surface area contributed by atoms with E-state index >= 15 is 0 Å². The standard InChI is InChI=1S/C20H18N4O2/c1-13-11-19(25)22-20(21-13)24-23-16-12-18(14-7-3-2-4-8-14)26-17-10-6-5-9-15(16)17/h2-11,18H,12H2,1H3,(H2,21,22,24,25)/t18-/m0/s1. The second-order valence-electron chi connectivity index (χ2n) is 6.12. The number of rotatable bonds is 3. The van der Waals surface area contributed by atoms with E-state index in [1.54, 1.807) is 6.92 Å². The molecule has 1 aromatic heterocycles. The van der Waals surface area contributed by atoms with E-state index in [1.165, 1.54) is 6.07 Å². The summed E-state index contributed by atoms with van der Waals surface area (Å²) in [6, 6.07) is 19.3. The van der Waals surface area contributed by atoms with E-state index in [9.17, 15) is 4.79 Å². The smallest absolute Gasteiger partial charge is 0.252 e. The predicted octanol–water partition coefficient (Wildman–Crippen LogP) is 3.42. The molecule has 0 fully saturated rings. The zero-order valence-corrected chi connectivity index (χ0v) is 14.3. The summed E-state index contributed by atoms with van der Waals surface area (Å²) in [5.41, 5.74) is 6.17. The SMILES string of the molecule is Cc1cc(=O)[nH]c(NN=C2C[C@@H](c3ccccc3)Oc3ccccc32)n1. The Hall–Kier alpha value is -3.41. The second kappa shape index (κ2) is 6.84. The summed E-state index contributed by atoms with van der Waals surface area (Å²) in [4.78, 5) is 18.5. The highest BCUT2D eigenvalue weighted by Gasteiger charge is 2.26. The van der Waals surface area contributed by atoms with Crippen molar-refractivity contribution in [2.75, 3.05) is 5.43 Å². The van der Waals surface area contributed by atoms with Crippen molar-refractivity contribution in [2.24, 2.45) is 5.10 Å². The van der Waals surface area contributed by atoms with Crippen LogP contribution in [0.3, 0.4) is 0 Å². The lowest BCUT2D eigenvalue weighted by Crippen LogP contribution is -2.22. The van der Waals surface area contributed by atoms with E-state index < -0.39 is 0 Å². The Kier molecular flexibility index (Phi) is 4.23. The minimum Gasteiger partial charge on any atom is -0.485 e. The maximum Gasteiger partial charge on any atom is 0.252 e. The molecular formula is C20H18N4O2. The van der Waals surface area contributed by atoms with Crippen molar-refractivity contribution in [3.05, 3.63) is 87.8 Å². The van der Waals surface area contributed by atoms with Gasteiger partial charge in [0.1, 0.15) is 11.9 Å². The monoisotopic (exact) mass is 346 g/mol. The van der Waals surface area contributed by atoms with Gasteiger partial charge in [0.2, 0.25) is 5.95 Å². The summed E-state index contributed by atoms with van der Waals surface area (Å²) in [7, 11) is 0. The molecule has 6 nitrogen and oxygen atoms in total. The van der Waals surface area contributed by atoms with Crippen molar-refractivity contribution in [1.82, 2.24) is 9.97 Å². The van der Waals surface area contributed by atoms with Crippen LogP contribution in [0.4, 0.5) is 5.95 Å². The molecule has 1 atom stereocenters. The number of ether oxygens (including phenoxy) is 1. The van der Waals surface area contributed by atoms with Crippen molar-refractivity contribution >= 4 is 11.7 Å². The van der Waals surface area contributed by atoms with Gasteiger partial charge >= 0.3 is 0 Å². The van der Waals surface area contributed by atoms with Crippen molar-refractivity contribution in [3.8, 4) is 5.75 Å². The molecule has 130 valence electrons. The molecule has 2 aromatic carbocycles. The number of anilines is 1. The Labute approximate surface area is 150 Å². The van der Waals surface area contributed by atoms with Crippen LogP contribution in [0.25, 0.3) is 0 Å². The average molecular weight is 346 g/mol. The van der Waals surface area contributed by atoms with Crippen molar-refractivity contribution in [3.63, 3.8) is 0 Å². The number of fused-ring (bicyclic) bond motifs is 1. The van der Waals surface area contributed by atoms with Gasteiger partial charge in [-0.3, -0.25) is 9.78 Å². The molecule has 0 amide bonds. The van der Waals surface area contributed by atoms with Gasteiger partial charge < -0.3 is 4.74 Å². The highest BCUT2D eigenvalue weighted by Crippen LogP contribution is 2.35. The molecule has 26 heavy (non-hydrogen) atoms. The zero-order chi connectivity index (χ0) is 17.9. The summed E-state index contributed by atoms with van der Waals surface area (Å²) in [5, 5.41) is 4.51. The van der Waals surface area contributed by atoms with Crippen LogP contribution in [0.2, 0.25) is 0 Å². The molecule has 0 saturated heterocycles. The van der Waals surface area contributed by atoms with Crippen molar-refractivity contribution in [1.29, 1.82) is 0 Å². The summed E-state index contributed by atoms with van der Waals surface area (Å²) in [6.45, 7) is 1.77. The second-order valence-corrected chi connectivity index (χ2v) is 6.12. The van der Waals surface area contributed by atoms with Gasteiger partial charge in [-0.1, -0.05) is 42.5 Å². The lowest BCUT2D eigenvalue weighted by molar-refractivity contribution is 0.206. The first-order chi connectivity index (χ1) is 12.7. The zero-order valence-electron chi connectivity index (χ0n) is 14.3. The third kappa shape index (κ3) is 3.35. The molecule has 2 N–H and O–H groups in total. The van der Waals surface area contributed by atoms with Crippen LogP contribution in [0.15, 0.2) is 70.6 Å². The fraction of sp³-hybridized carbons (Fsp3) is 0.150. The molecule has 6 heteroatoms. The first kappa shape index (κ1) is 16.1. The van der Waals surface area contributed by atoms with Gasteiger partial charge in [-0.2, -0.15) is 5.10 Å². The Morgan fingerprint density at radius 2 is 1.92 bits per heavy atom. The molecule has 1 aliphatic rings. The van der Waals surface area contributed by atoms with Gasteiger partial charge in [-0.05, 0) is 24.6 Å². The normalized spacial score (nSPS) is 17.4. The van der Waals surface area contributed by atoms with Crippen LogP contribution in [-0.4, -0.2) is 15.7 Å². The van der Waals surface area contributed by atoms with Crippen molar-refractivity contribution in [2.45, 2.75) is 19.4 Å². The number of hydrogen-bond donors (Lipinski definition) is 2. The topological polar surface area (TPSA) is 79.4 Å². The highest BCUT2D eigenvalue weighted by molar-refractivity contribution is 6.04. The van der Waals surface area contributed by atoms with E-state index in [0.29, 0.717) is 18.1 Å². The number of hydrazone groups is 1. The number of aromatic nitrogens is 2. The highest BCUT2D eigenvalue weighted by atomic mass is 16.5. The quantitative estimate of drug-likeness (QED) is 0.712. The maximum atomic E-state index is 11.6. The fourth-order valence-electron chi connectivity index (χ4n) is 3.00. The van der Waals surface area contributed by atoms with Crippen LogP contribution in [0.1, 0.15) is 29.3 Å². The molecule has 3 aromatic rings. The third-order valence-electron chi connectivity index (χ3n) is 4.18. The molecule has 2 heterocycles. The Morgan fingerprint density at radius 1 is 1.15 bits per heavy atom. The lowest BCUT2D eigenvalue weighted by Gasteiger charge is -2.27. The Balaban J connectivity index is 1.68. The number of aromatic amines is 1. The van der Waals surface area contributed by atoms with E-state index in [4.69, 9.17) is 4.74 Å². The Morgan fingerprint density at radius 3 is 2.73 bits per heavy atom. The molecule has 0 unspecified atom stereocenters. The Bertz CT molecular complexity index is 1010. The predicted molar refractivity (Wildman–Crippen MR) is 101 cm³/mol. The van der Waals surface area contributed by atoms with Gasteiger partial charge in [0, 0.05) is 23.7 Å². The molecule has 0 radical (unpaired) electrons. The fourth-order valence-corrected chi connectivity index (χ4v) is 3.00. The van der Waals surface area contributed by atoms with Crippen LogP contribution in [0, 0.1) is 6.92 Å². The molecular weight excluding hydrogens is 328 g/mol. The number of benzene rings is 2. The van der Waals surface area contributed by atoms with Gasteiger partial charge in [0.15, 0.2) is 0 Å². The minimum absolute atomic E-state index is 0.115. The molecule has 1 aliphatic heterocycles. The average Bonchev–Trinajstić information content (AvgIpc) is 2.66. The third-order valence-corrected chi connectivity index (χ3v) is 4.18. The number of aryl methyl sites for hydroxylation is 1. The number of hydrogen-bond acceptors (Lipinski definition) is 5. The van der Waals surface area contributed by atoms with Crippen LogP contribution in [0.5, 0.6) is 5.75 Å². The first-order valence-electron chi connectivity index (χ1n) is 8.40. The summed E-state index contributed by atoms with van der Waals surface area (Å²) >= 11 is 0. The van der Waals surface area contributed by atoms with Crippen LogP contribution >= 0.6 is 0 Å². The lowest BCUT2D eigenvalue weighted by atomic mass is 9.96. The van der Waals surface area contributed by atoms with E-state index in [2.05, 4.69) is 20.5 Å². The molecule has 0 spiro atoms. The van der Waals surface area contributed by atoms with Gasteiger partial charge in [-0.25, -0.2) is 10.4 Å². The van der Waals surface area contributed by atoms with Crippen LogP contribution < -0.4 is 15.7 Å². The molecule has 0 bridgehead atoms. The van der Waals surface area contributed by atoms with Gasteiger partial charge in [-0.15, -0.1) is 0 Å². The number of para-hydroxylation sites is 1. The maximum absolute atomic E-state index is 11.6. The van der Waals surface area contributed by atoms with E-state index in [-0.39, 0.29) is 11.7 Å². The summed E-state index contributed by atoms with van der Waals surface area (Å²) < 4.78 is 6.16. The first-order valence-corrected chi connectivity index (χ1v) is 8.40. The summed E-state index contributed by atoms with van der Waals surface area (Å²) in [5.74, 6) is 1.11. The molecule has 0 saturated carbocycles. The number of H-pyrrole nitrogens is 1.